The maximum absolute atomic E-state index is 12.8. The molecule has 1 atom stereocenters. The van der Waals surface area contributed by atoms with Crippen molar-refractivity contribution in [2.45, 2.75) is 57.7 Å². The number of amides is 1. The van der Waals surface area contributed by atoms with E-state index in [9.17, 15) is 13.2 Å². The number of hydrogen-bond donors (Lipinski definition) is 1. The van der Waals surface area contributed by atoms with Crippen LogP contribution in [0, 0.1) is 5.92 Å². The van der Waals surface area contributed by atoms with Gasteiger partial charge in [0.2, 0.25) is 15.9 Å². The lowest BCUT2D eigenvalue weighted by molar-refractivity contribution is -0.126. The molecule has 1 N–H and O–H groups in total. The first-order valence-electron chi connectivity index (χ1n) is 11.0. The molecule has 0 saturated carbocycles. The van der Waals surface area contributed by atoms with Gasteiger partial charge >= 0.3 is 0 Å². The summed E-state index contributed by atoms with van der Waals surface area (Å²) in [5, 5.41) is 3.11. The fourth-order valence-electron chi connectivity index (χ4n) is 3.96. The van der Waals surface area contributed by atoms with Crippen LogP contribution in [0.3, 0.4) is 0 Å². The molecule has 0 spiro atoms. The van der Waals surface area contributed by atoms with Crippen molar-refractivity contribution in [3.05, 3.63) is 71.3 Å². The zero-order chi connectivity index (χ0) is 22.6. The normalized spacial score (nSPS) is 17.3. The van der Waals surface area contributed by atoms with Gasteiger partial charge in [0.25, 0.3) is 0 Å². The highest BCUT2D eigenvalue weighted by Gasteiger charge is 2.31. The number of sulfonamides is 1. The molecule has 2 aromatic carbocycles. The number of rotatable bonds is 6. The molecule has 0 bridgehead atoms. The van der Waals surface area contributed by atoms with Crippen LogP contribution >= 0.6 is 0 Å². The Labute approximate surface area is 186 Å². The molecule has 1 fully saturated rings. The maximum atomic E-state index is 12.8. The maximum Gasteiger partial charge on any atom is 0.223 e. The van der Waals surface area contributed by atoms with Crippen molar-refractivity contribution in [3.63, 3.8) is 0 Å². The third-order valence-corrected chi connectivity index (χ3v) is 7.90. The minimum Gasteiger partial charge on any atom is -0.349 e. The van der Waals surface area contributed by atoms with Crippen LogP contribution in [0.5, 0.6) is 0 Å². The van der Waals surface area contributed by atoms with E-state index >= 15 is 0 Å². The fourth-order valence-corrected chi connectivity index (χ4v) is 5.52. The number of carbonyl (C=O) groups is 1. The van der Waals surface area contributed by atoms with Gasteiger partial charge in [-0.3, -0.25) is 4.79 Å². The average Bonchev–Trinajstić information content (AvgIpc) is 2.73. The fraction of sp³-hybridized carbons (Fsp3) is 0.480. The van der Waals surface area contributed by atoms with Gasteiger partial charge in [0.05, 0.1) is 11.8 Å². The molecule has 5 nitrogen and oxygen atoms in total. The van der Waals surface area contributed by atoms with Crippen molar-refractivity contribution in [1.29, 1.82) is 0 Å². The molecule has 168 valence electrons. The third-order valence-electron chi connectivity index (χ3n) is 6.05. The molecule has 1 heterocycles. The van der Waals surface area contributed by atoms with Crippen LogP contribution in [0.15, 0.2) is 54.6 Å². The summed E-state index contributed by atoms with van der Waals surface area (Å²) in [6.45, 7) is 9.31. The predicted octanol–water partition coefficient (Wildman–Crippen LogP) is 4.40. The first-order valence-corrected chi connectivity index (χ1v) is 12.6. The molecule has 0 radical (unpaired) electrons. The van der Waals surface area contributed by atoms with E-state index in [0.717, 1.165) is 11.1 Å². The van der Waals surface area contributed by atoms with E-state index in [1.807, 2.05) is 37.3 Å². The van der Waals surface area contributed by atoms with Crippen LogP contribution in [-0.4, -0.2) is 31.7 Å². The minimum absolute atomic E-state index is 0.00625. The van der Waals surface area contributed by atoms with Crippen molar-refractivity contribution in [3.8, 4) is 0 Å². The molecular weight excluding hydrogens is 408 g/mol. The SMILES string of the molecule is C[C@H](NC(=O)C1CCN(S(=O)(=O)Cc2ccccc2)CC1)c1ccc(C(C)(C)C)cc1. The summed E-state index contributed by atoms with van der Waals surface area (Å²) >= 11 is 0. The summed E-state index contributed by atoms with van der Waals surface area (Å²) in [5.41, 5.74) is 3.22. The van der Waals surface area contributed by atoms with Crippen LogP contribution < -0.4 is 5.32 Å². The first kappa shape index (κ1) is 23.5. The predicted molar refractivity (Wildman–Crippen MR) is 125 cm³/mol. The highest BCUT2D eigenvalue weighted by Crippen LogP contribution is 2.25. The van der Waals surface area contributed by atoms with Gasteiger partial charge in [-0.1, -0.05) is 75.4 Å². The molecule has 1 aliphatic heterocycles. The van der Waals surface area contributed by atoms with Crippen molar-refractivity contribution in [2.24, 2.45) is 5.92 Å². The van der Waals surface area contributed by atoms with Gasteiger partial charge in [-0.2, -0.15) is 0 Å². The Hall–Kier alpha value is -2.18. The third kappa shape index (κ3) is 6.17. The van der Waals surface area contributed by atoms with Gasteiger partial charge in [0, 0.05) is 19.0 Å². The van der Waals surface area contributed by atoms with Crippen molar-refractivity contribution in [1.82, 2.24) is 9.62 Å². The summed E-state index contributed by atoms with van der Waals surface area (Å²) < 4.78 is 27.0. The Morgan fingerprint density at radius 1 is 1.03 bits per heavy atom. The summed E-state index contributed by atoms with van der Waals surface area (Å²) in [7, 11) is -3.37. The van der Waals surface area contributed by atoms with E-state index in [1.165, 1.54) is 9.87 Å². The van der Waals surface area contributed by atoms with E-state index in [2.05, 4.69) is 50.4 Å². The van der Waals surface area contributed by atoms with E-state index < -0.39 is 10.0 Å². The average molecular weight is 443 g/mol. The lowest BCUT2D eigenvalue weighted by Crippen LogP contribution is -2.43. The number of piperidine rings is 1. The quantitative estimate of drug-likeness (QED) is 0.721. The largest absolute Gasteiger partial charge is 0.349 e. The molecule has 31 heavy (non-hydrogen) atoms. The highest BCUT2D eigenvalue weighted by molar-refractivity contribution is 7.88. The van der Waals surface area contributed by atoms with E-state index in [1.54, 1.807) is 0 Å². The Morgan fingerprint density at radius 3 is 2.16 bits per heavy atom. The molecular formula is C25H34N2O3S. The van der Waals surface area contributed by atoms with Crippen LogP contribution in [0.25, 0.3) is 0 Å². The molecule has 6 heteroatoms. The molecule has 3 rings (SSSR count). The molecule has 1 aliphatic rings. The minimum atomic E-state index is -3.37. The molecule has 2 aromatic rings. The number of benzene rings is 2. The van der Waals surface area contributed by atoms with Gasteiger partial charge < -0.3 is 5.32 Å². The van der Waals surface area contributed by atoms with Gasteiger partial charge in [-0.15, -0.1) is 0 Å². The second-order valence-corrected chi connectivity index (χ2v) is 11.5. The van der Waals surface area contributed by atoms with E-state index in [-0.39, 0.29) is 29.0 Å². The number of hydrogen-bond acceptors (Lipinski definition) is 3. The molecule has 0 aliphatic carbocycles. The zero-order valence-electron chi connectivity index (χ0n) is 19.0. The molecule has 0 unspecified atom stereocenters. The second kappa shape index (κ2) is 9.53. The van der Waals surface area contributed by atoms with Crippen LogP contribution in [0.2, 0.25) is 0 Å². The van der Waals surface area contributed by atoms with Crippen molar-refractivity contribution in [2.75, 3.05) is 13.1 Å². The van der Waals surface area contributed by atoms with Gasteiger partial charge in [-0.05, 0) is 41.9 Å². The summed E-state index contributed by atoms with van der Waals surface area (Å²) in [6, 6.07) is 17.5. The van der Waals surface area contributed by atoms with Gasteiger partial charge in [0.1, 0.15) is 0 Å². The number of carbonyl (C=O) groups excluding carboxylic acids is 1. The zero-order valence-corrected chi connectivity index (χ0v) is 19.8. The standard InChI is InChI=1S/C25H34N2O3S/c1-19(21-10-12-23(13-11-21)25(2,3)4)26-24(28)22-14-16-27(17-15-22)31(29,30)18-20-8-6-5-7-9-20/h5-13,19,22H,14-18H2,1-4H3,(H,26,28)/t19-/m0/s1. The van der Waals surface area contributed by atoms with Crippen LogP contribution in [-0.2, 0) is 26.0 Å². The van der Waals surface area contributed by atoms with Crippen molar-refractivity contribution >= 4 is 15.9 Å². The lowest BCUT2D eigenvalue weighted by Gasteiger charge is -2.31. The Kier molecular flexibility index (Phi) is 7.22. The highest BCUT2D eigenvalue weighted by atomic mass is 32.2. The van der Waals surface area contributed by atoms with Crippen LogP contribution in [0.4, 0.5) is 0 Å². The second-order valence-electron chi connectivity index (χ2n) is 9.52. The number of nitrogens with zero attached hydrogens (tertiary/aromatic N) is 1. The molecule has 1 amide bonds. The lowest BCUT2D eigenvalue weighted by atomic mass is 9.86. The monoisotopic (exact) mass is 442 g/mol. The number of nitrogens with one attached hydrogen (secondary N) is 1. The van der Waals surface area contributed by atoms with Gasteiger partial charge in [-0.25, -0.2) is 12.7 Å². The van der Waals surface area contributed by atoms with Gasteiger partial charge in [0.15, 0.2) is 0 Å². The molecule has 0 aromatic heterocycles. The smallest absolute Gasteiger partial charge is 0.223 e. The Morgan fingerprint density at radius 2 is 1.61 bits per heavy atom. The molecule has 1 saturated heterocycles. The Bertz CT molecular complexity index is 972. The summed E-state index contributed by atoms with van der Waals surface area (Å²) in [6.07, 6.45) is 1.10. The van der Waals surface area contributed by atoms with E-state index in [0.29, 0.717) is 25.9 Å². The van der Waals surface area contributed by atoms with Crippen LogP contribution in [0.1, 0.15) is 63.3 Å². The topological polar surface area (TPSA) is 66.5 Å². The first-order chi connectivity index (χ1) is 14.6. The van der Waals surface area contributed by atoms with E-state index in [4.69, 9.17) is 0 Å². The van der Waals surface area contributed by atoms with Crippen molar-refractivity contribution < 1.29 is 13.2 Å². The summed E-state index contributed by atoms with van der Waals surface area (Å²) in [4.78, 5) is 12.8. The Balaban J connectivity index is 1.53. The summed E-state index contributed by atoms with van der Waals surface area (Å²) in [5.74, 6) is -0.140.